The molecule has 1 aromatic rings. The van der Waals surface area contributed by atoms with E-state index in [1.165, 1.54) is 0 Å². The van der Waals surface area contributed by atoms with Crippen molar-refractivity contribution in [1.29, 1.82) is 0 Å². The lowest BCUT2D eigenvalue weighted by atomic mass is 9.93. The summed E-state index contributed by atoms with van der Waals surface area (Å²) >= 11 is 0. The van der Waals surface area contributed by atoms with Gasteiger partial charge in [0, 0.05) is 11.6 Å². The summed E-state index contributed by atoms with van der Waals surface area (Å²) in [5, 5.41) is 0. The van der Waals surface area contributed by atoms with E-state index in [0.717, 1.165) is 23.5 Å². The molecule has 0 aliphatic heterocycles. The molecule has 1 heterocycles. The highest BCUT2D eigenvalue weighted by Gasteiger charge is 2.13. The largest absolute Gasteiger partial charge is 0.253 e. The first kappa shape index (κ1) is 10.1. The molecule has 0 amide bonds. The smallest absolute Gasteiger partial charge is 0.0887 e. The van der Waals surface area contributed by atoms with Gasteiger partial charge in [0.2, 0.25) is 0 Å². The first-order valence-electron chi connectivity index (χ1n) is 5.35. The average molecular weight is 200 g/mol. The molecule has 1 aliphatic rings. The number of aryl methyl sites for hydroxylation is 1. The van der Waals surface area contributed by atoms with Crippen molar-refractivity contribution in [3.63, 3.8) is 0 Å². The summed E-state index contributed by atoms with van der Waals surface area (Å²) in [6.45, 7) is 6.44. The molecule has 2 heteroatoms. The fourth-order valence-corrected chi connectivity index (χ4v) is 1.52. The second-order valence-corrected chi connectivity index (χ2v) is 4.47. The van der Waals surface area contributed by atoms with Crippen LogP contribution in [0.4, 0.5) is 0 Å². The maximum atomic E-state index is 4.56. The third-order valence-electron chi connectivity index (χ3n) is 2.58. The number of aromatic nitrogens is 2. The van der Waals surface area contributed by atoms with Crippen molar-refractivity contribution >= 4 is 12.2 Å². The summed E-state index contributed by atoms with van der Waals surface area (Å²) in [6.07, 6.45) is 11.2. The second-order valence-electron chi connectivity index (χ2n) is 4.47. The van der Waals surface area contributed by atoms with Crippen LogP contribution in [-0.4, -0.2) is 9.97 Å². The number of allylic oxidation sites excluding steroid dienone is 2. The van der Waals surface area contributed by atoms with Crippen LogP contribution in [0.5, 0.6) is 0 Å². The molecule has 0 N–H and O–H groups in total. The molecule has 0 fully saturated rings. The van der Waals surface area contributed by atoms with E-state index in [-0.39, 0.29) is 5.41 Å². The molecule has 78 valence electrons. The number of hydrogen-bond acceptors (Lipinski definition) is 2. The van der Waals surface area contributed by atoms with Gasteiger partial charge in [0.25, 0.3) is 0 Å². The van der Waals surface area contributed by atoms with Gasteiger partial charge < -0.3 is 0 Å². The summed E-state index contributed by atoms with van der Waals surface area (Å²) in [5.74, 6) is 0. The van der Waals surface area contributed by atoms with E-state index >= 15 is 0 Å². The molecule has 0 unspecified atom stereocenters. The SMILES string of the molecule is CCc1cnc2c(n1)C=CC(C)(C)C=C2. The zero-order chi connectivity index (χ0) is 10.9. The van der Waals surface area contributed by atoms with Gasteiger partial charge in [0.05, 0.1) is 17.1 Å². The van der Waals surface area contributed by atoms with E-state index in [1.807, 2.05) is 6.20 Å². The Morgan fingerprint density at radius 2 is 1.80 bits per heavy atom. The molecule has 15 heavy (non-hydrogen) atoms. The summed E-state index contributed by atoms with van der Waals surface area (Å²) in [5.41, 5.74) is 3.09. The second kappa shape index (κ2) is 3.61. The predicted molar refractivity (Wildman–Crippen MR) is 63.3 cm³/mol. The lowest BCUT2D eigenvalue weighted by Gasteiger charge is -2.11. The van der Waals surface area contributed by atoms with Crippen LogP contribution in [0.2, 0.25) is 0 Å². The van der Waals surface area contributed by atoms with Gasteiger partial charge in [-0.2, -0.15) is 0 Å². The summed E-state index contributed by atoms with van der Waals surface area (Å²) in [7, 11) is 0. The van der Waals surface area contributed by atoms with E-state index in [4.69, 9.17) is 0 Å². The molecule has 0 bridgehead atoms. The molecule has 0 saturated heterocycles. The first-order valence-corrected chi connectivity index (χ1v) is 5.35. The van der Waals surface area contributed by atoms with E-state index in [2.05, 4.69) is 55.0 Å². The Morgan fingerprint density at radius 1 is 1.13 bits per heavy atom. The number of rotatable bonds is 1. The summed E-state index contributed by atoms with van der Waals surface area (Å²) < 4.78 is 0. The Balaban J connectivity index is 2.49. The summed E-state index contributed by atoms with van der Waals surface area (Å²) in [4.78, 5) is 8.97. The van der Waals surface area contributed by atoms with Crippen molar-refractivity contribution in [2.24, 2.45) is 5.41 Å². The number of fused-ring (bicyclic) bond motifs is 1. The van der Waals surface area contributed by atoms with Gasteiger partial charge in [-0.3, -0.25) is 4.98 Å². The van der Waals surface area contributed by atoms with Gasteiger partial charge >= 0.3 is 0 Å². The van der Waals surface area contributed by atoms with Crippen LogP contribution in [0.15, 0.2) is 18.3 Å². The lowest BCUT2D eigenvalue weighted by molar-refractivity contribution is 0.633. The third-order valence-corrected chi connectivity index (χ3v) is 2.58. The highest BCUT2D eigenvalue weighted by molar-refractivity contribution is 5.63. The molecule has 1 aliphatic carbocycles. The Bertz CT molecular complexity index is 428. The molecule has 2 nitrogen and oxygen atoms in total. The van der Waals surface area contributed by atoms with E-state index in [1.54, 1.807) is 0 Å². The minimum Gasteiger partial charge on any atom is -0.253 e. The highest BCUT2D eigenvalue weighted by atomic mass is 14.8. The van der Waals surface area contributed by atoms with Gasteiger partial charge in [0.1, 0.15) is 0 Å². The summed E-state index contributed by atoms with van der Waals surface area (Å²) in [6, 6.07) is 0. The van der Waals surface area contributed by atoms with Crippen LogP contribution < -0.4 is 0 Å². The molecule has 0 radical (unpaired) electrons. The van der Waals surface area contributed by atoms with Gasteiger partial charge in [-0.15, -0.1) is 0 Å². The standard InChI is InChI=1S/C13H16N2/c1-4-10-9-14-11-5-7-13(2,3)8-6-12(11)15-10/h5-9H,4H2,1-3H3. The number of hydrogen-bond donors (Lipinski definition) is 0. The van der Waals surface area contributed by atoms with E-state index in [9.17, 15) is 0 Å². The Morgan fingerprint density at radius 3 is 2.47 bits per heavy atom. The predicted octanol–water partition coefficient (Wildman–Crippen LogP) is 3.11. The number of nitrogens with zero attached hydrogens (tertiary/aromatic N) is 2. The van der Waals surface area contributed by atoms with Gasteiger partial charge in [-0.1, -0.05) is 32.9 Å². The van der Waals surface area contributed by atoms with Crippen molar-refractivity contribution in [2.75, 3.05) is 0 Å². The maximum absolute atomic E-state index is 4.56. The fourth-order valence-electron chi connectivity index (χ4n) is 1.52. The van der Waals surface area contributed by atoms with Crippen LogP contribution in [-0.2, 0) is 6.42 Å². The lowest BCUT2D eigenvalue weighted by Crippen LogP contribution is -2.00. The minimum absolute atomic E-state index is 0.0920. The van der Waals surface area contributed by atoms with Crippen molar-refractivity contribution in [3.05, 3.63) is 35.4 Å². The fraction of sp³-hybridized carbons (Fsp3) is 0.385. The van der Waals surface area contributed by atoms with E-state index in [0.29, 0.717) is 0 Å². The molecule has 2 rings (SSSR count). The Hall–Kier alpha value is -1.44. The van der Waals surface area contributed by atoms with Crippen LogP contribution in [0.3, 0.4) is 0 Å². The van der Waals surface area contributed by atoms with Crippen LogP contribution in [0.1, 0.15) is 37.9 Å². The van der Waals surface area contributed by atoms with Crippen LogP contribution >= 0.6 is 0 Å². The van der Waals surface area contributed by atoms with Crippen LogP contribution in [0, 0.1) is 5.41 Å². The van der Waals surface area contributed by atoms with Gasteiger partial charge in [0.15, 0.2) is 0 Å². The molecular formula is C13H16N2. The van der Waals surface area contributed by atoms with Crippen molar-refractivity contribution < 1.29 is 0 Å². The minimum atomic E-state index is 0.0920. The zero-order valence-corrected chi connectivity index (χ0v) is 9.49. The molecule has 1 aromatic heterocycles. The van der Waals surface area contributed by atoms with Crippen LogP contribution in [0.25, 0.3) is 12.2 Å². The maximum Gasteiger partial charge on any atom is 0.0887 e. The quantitative estimate of drug-likeness (QED) is 0.696. The monoisotopic (exact) mass is 200 g/mol. The van der Waals surface area contributed by atoms with Crippen molar-refractivity contribution in [2.45, 2.75) is 27.2 Å². The Kier molecular flexibility index (Phi) is 2.43. The molecular weight excluding hydrogens is 184 g/mol. The Labute approximate surface area is 90.8 Å². The molecule has 0 atom stereocenters. The normalized spacial score (nSPS) is 17.3. The molecule has 0 spiro atoms. The molecule has 0 aromatic carbocycles. The van der Waals surface area contributed by atoms with Crippen molar-refractivity contribution in [3.8, 4) is 0 Å². The third kappa shape index (κ3) is 2.14. The highest BCUT2D eigenvalue weighted by Crippen LogP contribution is 2.25. The van der Waals surface area contributed by atoms with Gasteiger partial charge in [-0.05, 0) is 18.6 Å². The topological polar surface area (TPSA) is 25.8 Å². The average Bonchev–Trinajstić information content (AvgIpc) is 2.38. The zero-order valence-electron chi connectivity index (χ0n) is 9.49. The first-order chi connectivity index (χ1) is 7.11. The van der Waals surface area contributed by atoms with E-state index < -0.39 is 0 Å². The van der Waals surface area contributed by atoms with Crippen molar-refractivity contribution in [1.82, 2.24) is 9.97 Å². The molecule has 0 saturated carbocycles. The van der Waals surface area contributed by atoms with Gasteiger partial charge in [-0.25, -0.2) is 4.98 Å².